The quantitative estimate of drug-likeness (QED) is 0.173. The number of aldehydes is 1. The van der Waals surface area contributed by atoms with Gasteiger partial charge in [-0.05, 0) is 0 Å². The van der Waals surface area contributed by atoms with E-state index >= 15 is 0 Å². The van der Waals surface area contributed by atoms with Gasteiger partial charge in [0.25, 0.3) is 0 Å². The van der Waals surface area contributed by atoms with Gasteiger partial charge in [0.05, 0.1) is 12.6 Å². The van der Waals surface area contributed by atoms with Gasteiger partial charge in [0.15, 0.2) is 0 Å². The summed E-state index contributed by atoms with van der Waals surface area (Å²) in [6.45, 7) is -0.705. The Bertz CT molecular complexity index is 142. The van der Waals surface area contributed by atoms with Crippen LogP contribution in [0.25, 0.3) is 0 Å². The number of nitrogens with two attached hydrogens (primary N) is 1. The van der Waals surface area contributed by atoms with Crippen LogP contribution in [0.3, 0.4) is 0 Å². The van der Waals surface area contributed by atoms with Crippen LogP contribution < -0.4 is 5.73 Å². The largest absolute Gasteiger partial charge is 0.394 e. The van der Waals surface area contributed by atoms with Gasteiger partial charge >= 0.3 is 0 Å². The van der Waals surface area contributed by atoms with Crippen molar-refractivity contribution in [3.63, 3.8) is 0 Å². The molecule has 0 radical (unpaired) electrons. The predicted molar refractivity (Wildman–Crippen MR) is 39.1 cm³/mol. The molecule has 0 rings (SSSR count). The van der Waals surface area contributed by atoms with Crippen molar-refractivity contribution in [3.05, 3.63) is 0 Å². The summed E-state index contributed by atoms with van der Waals surface area (Å²) in [5, 5.41) is 35.2. The molecule has 12 heavy (non-hydrogen) atoms. The van der Waals surface area contributed by atoms with E-state index in [0.29, 0.717) is 0 Å². The van der Waals surface area contributed by atoms with Crippen molar-refractivity contribution < 1.29 is 25.2 Å². The fraction of sp³-hybridized carbons (Fsp3) is 0.833. The number of hydrogen-bond donors (Lipinski definition) is 5. The van der Waals surface area contributed by atoms with Crippen molar-refractivity contribution in [1.29, 1.82) is 0 Å². The zero-order valence-corrected chi connectivity index (χ0v) is 6.37. The number of aliphatic hydroxyl groups excluding tert-OH is 4. The first kappa shape index (κ1) is 11.5. The average molecular weight is 186 g/mol. The van der Waals surface area contributed by atoms with Crippen LogP contribution in [0.15, 0.2) is 0 Å². The molecule has 72 valence electrons. The molecule has 0 fully saturated rings. The summed E-state index contributed by atoms with van der Waals surface area (Å²) in [5.41, 5.74) is 5.04. The second kappa shape index (κ2) is 5.18. The zero-order valence-electron chi connectivity index (χ0n) is 6.37. The molecule has 0 saturated carbocycles. The lowest BCUT2D eigenvalue weighted by Crippen LogP contribution is -2.49. The lowest BCUT2D eigenvalue weighted by atomic mass is 11.0. The molecule has 6 N–H and O–H groups in total. The van der Waals surface area contributed by atoms with Gasteiger partial charge in [-0.1, -0.05) is 0 Å². The van der Waals surface area contributed by atoms with E-state index in [-0.39, 0.29) is 6.29 Å². The SMILES string of the molecule is [15NH2][13C@@H]([13CH]=O)[13C@@H](O)[13C@H](O)[13C@H](O)[13CH2]O. The van der Waals surface area contributed by atoms with Gasteiger partial charge in [0, 0.05) is 0 Å². The Balaban J connectivity index is 4.07. The smallest absolute Gasteiger partial charge is 0.139 e. The van der Waals surface area contributed by atoms with Gasteiger partial charge in [0.1, 0.15) is 24.6 Å². The maximum Gasteiger partial charge on any atom is 0.139 e. The molecule has 0 aliphatic carbocycles. The maximum absolute atomic E-state index is 10.0. The second-order valence-corrected chi connectivity index (χ2v) is 2.44. The van der Waals surface area contributed by atoms with Gasteiger partial charge in [0.2, 0.25) is 0 Å². The lowest BCUT2D eigenvalue weighted by Gasteiger charge is -2.23. The third-order valence-electron chi connectivity index (χ3n) is 1.48. The van der Waals surface area contributed by atoms with Crippen molar-refractivity contribution in [1.82, 2.24) is 0 Å². The van der Waals surface area contributed by atoms with Crippen molar-refractivity contribution in [2.24, 2.45) is 5.73 Å². The molecule has 0 heterocycles. The summed E-state index contributed by atoms with van der Waals surface area (Å²) in [6.07, 6.45) is -4.43. The number of rotatable bonds is 5. The normalized spacial score (nSPS) is 21.1. The molecule has 0 aromatic heterocycles. The van der Waals surface area contributed by atoms with Gasteiger partial charge < -0.3 is 31.0 Å². The highest BCUT2D eigenvalue weighted by Crippen LogP contribution is 2.01. The Hall–Kier alpha value is -0.530. The minimum atomic E-state index is -1.62. The van der Waals surface area contributed by atoms with E-state index in [1.807, 2.05) is 0 Å². The highest BCUT2D eigenvalue weighted by molar-refractivity contribution is 5.58. The molecule has 4 atom stereocenters. The van der Waals surface area contributed by atoms with Crippen LogP contribution in [0, 0.1) is 0 Å². The minimum absolute atomic E-state index is 0.248. The first-order valence-electron chi connectivity index (χ1n) is 3.40. The molecule has 0 amide bonds. The van der Waals surface area contributed by atoms with Gasteiger partial charge in [-0.15, -0.1) is 0 Å². The van der Waals surface area contributed by atoms with E-state index in [1.54, 1.807) is 0 Å². The second-order valence-electron chi connectivity index (χ2n) is 2.44. The number of hydrogen-bond acceptors (Lipinski definition) is 6. The van der Waals surface area contributed by atoms with E-state index in [0.717, 1.165) is 0 Å². The molecule has 6 heteroatoms. The molecule has 0 saturated heterocycles. The molecule has 0 aromatic rings. The topological polar surface area (TPSA) is 124 Å². The third kappa shape index (κ3) is 2.84. The summed E-state index contributed by atoms with van der Waals surface area (Å²) in [7, 11) is 0. The van der Waals surface area contributed by atoms with Crippen LogP contribution in [0.1, 0.15) is 0 Å². The van der Waals surface area contributed by atoms with Crippen LogP contribution in [-0.4, -0.2) is 57.7 Å². The monoisotopic (exact) mass is 186 g/mol. The standard InChI is InChI=1S/C6H13NO5/c7-3(1-8)5(11)6(12)4(10)2-9/h1,3-6,9-12H,2,7H2/t3-,4+,5+,6+/m0/s1/i1+1,2+1,3+1,4+1,5+1,6+1,7+1. The molecule has 0 unspecified atom stereocenters. The molecule has 6 nitrogen and oxygen atoms in total. The van der Waals surface area contributed by atoms with Crippen LogP contribution in [0.5, 0.6) is 0 Å². The Morgan fingerprint density at radius 1 is 1.25 bits per heavy atom. The van der Waals surface area contributed by atoms with Crippen LogP contribution in [0.2, 0.25) is 0 Å². The molecule has 0 aliphatic rings. The summed E-state index contributed by atoms with van der Waals surface area (Å²) >= 11 is 0. The van der Waals surface area contributed by atoms with Gasteiger partial charge in [-0.2, -0.15) is 0 Å². The van der Waals surface area contributed by atoms with E-state index in [1.165, 1.54) is 0 Å². The van der Waals surface area contributed by atoms with E-state index in [9.17, 15) is 4.79 Å². The number of carbonyl (C=O) groups is 1. The van der Waals surface area contributed by atoms with Crippen molar-refractivity contribution in [2.45, 2.75) is 24.4 Å². The van der Waals surface area contributed by atoms with Crippen LogP contribution in [-0.2, 0) is 4.79 Å². The van der Waals surface area contributed by atoms with Crippen molar-refractivity contribution in [3.8, 4) is 0 Å². The summed E-state index contributed by atoms with van der Waals surface area (Å²) in [4.78, 5) is 10.0. The molecule has 0 aliphatic heterocycles. The fourth-order valence-corrected chi connectivity index (χ4v) is 0.644. The predicted octanol–water partition coefficient (Wildman–Crippen LogP) is -3.41. The zero-order chi connectivity index (χ0) is 9.72. The fourth-order valence-electron chi connectivity index (χ4n) is 0.644. The lowest BCUT2D eigenvalue weighted by molar-refractivity contribution is -0.118. The Labute approximate surface area is 69.2 Å². The van der Waals surface area contributed by atoms with Gasteiger partial charge in [-0.3, -0.25) is 0 Å². The maximum atomic E-state index is 10.0. The molecular formula is C6H13NO5. The molecule has 0 spiro atoms. The van der Waals surface area contributed by atoms with Crippen LogP contribution in [0.4, 0.5) is 0 Å². The summed E-state index contributed by atoms with van der Waals surface area (Å²) in [6, 6.07) is -1.26. The highest BCUT2D eigenvalue weighted by Gasteiger charge is 2.28. The Kier molecular flexibility index (Phi) is 4.95. The van der Waals surface area contributed by atoms with E-state index in [2.05, 4.69) is 0 Å². The summed E-state index contributed by atoms with van der Waals surface area (Å²) < 4.78 is 0. The van der Waals surface area contributed by atoms with E-state index in [4.69, 9.17) is 26.2 Å². The van der Waals surface area contributed by atoms with Crippen molar-refractivity contribution >= 4 is 6.29 Å². The van der Waals surface area contributed by atoms with Crippen molar-refractivity contribution in [2.75, 3.05) is 6.61 Å². The highest BCUT2D eigenvalue weighted by atomic mass is 16.5. The van der Waals surface area contributed by atoms with Crippen LogP contribution >= 0.6 is 0 Å². The average Bonchev–Trinajstić information content (AvgIpc) is 2.12. The Morgan fingerprint density at radius 2 is 1.75 bits per heavy atom. The van der Waals surface area contributed by atoms with E-state index < -0.39 is 31.0 Å². The van der Waals surface area contributed by atoms with Gasteiger partial charge in [-0.25, -0.2) is 0 Å². The summed E-state index contributed by atoms with van der Waals surface area (Å²) in [5.74, 6) is 0. The first-order chi connectivity index (χ1) is 5.54. The first-order valence-corrected chi connectivity index (χ1v) is 3.40. The number of aliphatic hydroxyl groups is 4. The third-order valence-corrected chi connectivity index (χ3v) is 1.48. The number of carbonyl (C=O) groups excluding carboxylic acids is 1. The molecule has 0 bridgehead atoms. The Morgan fingerprint density at radius 3 is 2.08 bits per heavy atom. The minimum Gasteiger partial charge on any atom is -0.394 e. The molecule has 0 aromatic carbocycles. The molecular weight excluding hydrogens is 173 g/mol.